The van der Waals surface area contributed by atoms with E-state index >= 15 is 0 Å². The molecule has 2 bridgehead atoms. The van der Waals surface area contributed by atoms with Crippen molar-refractivity contribution in [3.8, 4) is 5.75 Å². The van der Waals surface area contributed by atoms with Crippen molar-refractivity contribution < 1.29 is 53.5 Å². The van der Waals surface area contributed by atoms with E-state index in [0.29, 0.717) is 0 Å². The highest BCUT2D eigenvalue weighted by molar-refractivity contribution is 6.03. The van der Waals surface area contributed by atoms with Crippen molar-refractivity contribution in [2.24, 2.45) is 0 Å². The average molecular weight is 430 g/mol. The Morgan fingerprint density at radius 2 is 1.48 bits per heavy atom. The van der Waals surface area contributed by atoms with Gasteiger partial charge in [0.15, 0.2) is 0 Å². The second kappa shape index (κ2) is 7.78. The molecule has 2 unspecified atom stereocenters. The van der Waals surface area contributed by atoms with Crippen molar-refractivity contribution in [1.82, 2.24) is 0 Å². The van der Waals surface area contributed by atoms with Crippen LogP contribution in [0.4, 0.5) is 0 Å². The number of fused-ring (bicyclic) bond motifs is 7. The number of carboxylic acids is 3. The topological polar surface area (TPSA) is 174 Å². The van der Waals surface area contributed by atoms with Crippen molar-refractivity contribution in [2.45, 2.75) is 18.8 Å². The van der Waals surface area contributed by atoms with Gasteiger partial charge >= 0.3 is 29.8 Å². The molecule has 2 heterocycles. The SMILES string of the molecule is CC1(C(=O)O)OC(=O)c2ccc(cc2)C(=O)OC1Oc1cccc(C(=O)O)c1C(=O)O. The zero-order valence-electron chi connectivity index (χ0n) is 15.7. The lowest BCUT2D eigenvalue weighted by Gasteiger charge is -2.33. The maximum atomic E-state index is 12.5. The van der Waals surface area contributed by atoms with E-state index in [9.17, 15) is 39.3 Å². The van der Waals surface area contributed by atoms with E-state index in [1.807, 2.05) is 0 Å². The Bertz CT molecular complexity index is 1100. The van der Waals surface area contributed by atoms with E-state index in [4.69, 9.17) is 14.2 Å². The molecule has 0 fully saturated rings. The van der Waals surface area contributed by atoms with E-state index in [1.165, 1.54) is 24.3 Å². The Morgan fingerprint density at radius 3 is 2.00 bits per heavy atom. The summed E-state index contributed by atoms with van der Waals surface area (Å²) in [4.78, 5) is 59.9. The normalized spacial score (nSPS) is 20.4. The van der Waals surface area contributed by atoms with Crippen molar-refractivity contribution >= 4 is 29.8 Å². The zero-order valence-corrected chi connectivity index (χ0v) is 15.7. The standard InChI is InChI=1S/C20H14O11/c1-20(18(27)28)19(29-12-4-2-3-11(14(21)22)13(12)15(23)24)30-16(25)9-5-7-10(8-6-9)17(26)31-20/h2-8,19H,1H3,(H,21,22)(H,23,24)(H,27,28). The molecule has 160 valence electrons. The Labute approximate surface area is 173 Å². The van der Waals surface area contributed by atoms with Crippen LogP contribution >= 0.6 is 0 Å². The van der Waals surface area contributed by atoms with Gasteiger partial charge in [-0.05, 0) is 43.3 Å². The van der Waals surface area contributed by atoms with Gasteiger partial charge in [-0.25, -0.2) is 24.0 Å². The smallest absolute Gasteiger partial charge is 0.355 e. The van der Waals surface area contributed by atoms with Gasteiger partial charge in [0.05, 0.1) is 16.7 Å². The number of carbonyl (C=O) groups is 5. The zero-order chi connectivity index (χ0) is 22.9. The molecule has 11 heteroatoms. The summed E-state index contributed by atoms with van der Waals surface area (Å²) in [6.45, 7) is 0.889. The molecule has 2 aliphatic rings. The van der Waals surface area contributed by atoms with E-state index in [-0.39, 0.29) is 11.1 Å². The molecule has 31 heavy (non-hydrogen) atoms. The molecule has 0 saturated carbocycles. The van der Waals surface area contributed by atoms with Gasteiger partial charge in [0, 0.05) is 0 Å². The third kappa shape index (κ3) is 3.88. The first-order valence-electron chi connectivity index (χ1n) is 8.58. The van der Waals surface area contributed by atoms with E-state index in [0.717, 1.165) is 25.1 Å². The first-order chi connectivity index (χ1) is 14.5. The monoisotopic (exact) mass is 430 g/mol. The molecule has 2 aromatic rings. The summed E-state index contributed by atoms with van der Waals surface area (Å²) in [5.41, 5.74) is -4.18. The quantitative estimate of drug-likeness (QED) is 0.588. The number of carboxylic acid groups (broad SMARTS) is 3. The molecule has 0 aromatic heterocycles. The number of hydrogen-bond donors (Lipinski definition) is 3. The summed E-state index contributed by atoms with van der Waals surface area (Å²) >= 11 is 0. The Kier molecular flexibility index (Phi) is 5.35. The van der Waals surface area contributed by atoms with Crippen LogP contribution in [0.5, 0.6) is 5.75 Å². The summed E-state index contributed by atoms with van der Waals surface area (Å²) < 4.78 is 15.5. The van der Waals surface area contributed by atoms with Crippen LogP contribution in [0.15, 0.2) is 42.5 Å². The van der Waals surface area contributed by atoms with E-state index < -0.39 is 58.6 Å². The Morgan fingerprint density at radius 1 is 0.903 bits per heavy atom. The average Bonchev–Trinajstić information content (AvgIpc) is 2.72. The van der Waals surface area contributed by atoms with Gasteiger partial charge in [-0.3, -0.25) is 0 Å². The van der Waals surface area contributed by atoms with Crippen LogP contribution in [-0.2, 0) is 14.3 Å². The molecule has 3 N–H and O–H groups in total. The van der Waals surface area contributed by atoms with Gasteiger partial charge in [-0.2, -0.15) is 0 Å². The molecular formula is C20H14O11. The second-order valence-corrected chi connectivity index (χ2v) is 6.52. The predicted molar refractivity (Wildman–Crippen MR) is 98.1 cm³/mol. The lowest BCUT2D eigenvalue weighted by atomic mass is 10.0. The van der Waals surface area contributed by atoms with Gasteiger partial charge in [-0.1, -0.05) is 6.07 Å². The molecule has 11 nitrogen and oxygen atoms in total. The highest BCUT2D eigenvalue weighted by atomic mass is 16.7. The van der Waals surface area contributed by atoms with Crippen LogP contribution in [0, 0.1) is 0 Å². The fraction of sp³-hybridized carbons (Fsp3) is 0.150. The molecule has 2 aliphatic heterocycles. The Balaban J connectivity index is 2.14. The first kappa shape index (κ1) is 21.3. The molecule has 0 spiro atoms. The van der Waals surface area contributed by atoms with Gasteiger partial charge in [0.1, 0.15) is 11.3 Å². The molecule has 4 rings (SSSR count). The molecule has 2 atom stereocenters. The van der Waals surface area contributed by atoms with Crippen molar-refractivity contribution in [3.63, 3.8) is 0 Å². The van der Waals surface area contributed by atoms with Crippen LogP contribution in [0.25, 0.3) is 0 Å². The predicted octanol–water partition coefficient (Wildman–Crippen LogP) is 1.66. The van der Waals surface area contributed by atoms with Crippen LogP contribution in [0.3, 0.4) is 0 Å². The largest absolute Gasteiger partial charge is 0.478 e. The molecular weight excluding hydrogens is 416 g/mol. The number of esters is 2. The van der Waals surface area contributed by atoms with E-state index in [2.05, 4.69) is 0 Å². The van der Waals surface area contributed by atoms with Crippen molar-refractivity contribution in [1.29, 1.82) is 0 Å². The van der Waals surface area contributed by atoms with Gasteiger partial charge < -0.3 is 29.5 Å². The molecule has 0 saturated heterocycles. The Hall–Kier alpha value is -4.41. The second-order valence-electron chi connectivity index (χ2n) is 6.52. The van der Waals surface area contributed by atoms with Gasteiger partial charge in [-0.15, -0.1) is 0 Å². The van der Waals surface area contributed by atoms with Crippen molar-refractivity contribution in [2.75, 3.05) is 0 Å². The number of aliphatic carboxylic acids is 1. The summed E-state index contributed by atoms with van der Waals surface area (Å²) in [7, 11) is 0. The van der Waals surface area contributed by atoms with Crippen LogP contribution in [0.1, 0.15) is 48.4 Å². The molecule has 0 aliphatic carbocycles. The maximum Gasteiger partial charge on any atom is 0.355 e. The van der Waals surface area contributed by atoms with Crippen LogP contribution < -0.4 is 4.74 Å². The van der Waals surface area contributed by atoms with E-state index in [1.54, 1.807) is 0 Å². The minimum atomic E-state index is -2.62. The lowest BCUT2D eigenvalue weighted by Crippen LogP contribution is -2.55. The summed E-state index contributed by atoms with van der Waals surface area (Å²) in [6, 6.07) is 8.15. The molecule has 0 radical (unpaired) electrons. The number of ether oxygens (including phenoxy) is 3. The number of hydrogen-bond acceptors (Lipinski definition) is 8. The van der Waals surface area contributed by atoms with Crippen molar-refractivity contribution in [3.05, 3.63) is 64.7 Å². The third-order valence-corrected chi connectivity index (χ3v) is 4.45. The maximum absolute atomic E-state index is 12.5. The molecule has 0 amide bonds. The summed E-state index contributed by atoms with van der Waals surface area (Å²) in [5, 5.41) is 28.4. The third-order valence-electron chi connectivity index (χ3n) is 4.45. The minimum Gasteiger partial charge on any atom is -0.478 e. The van der Waals surface area contributed by atoms with Crippen LogP contribution in [-0.4, -0.2) is 57.1 Å². The highest BCUT2D eigenvalue weighted by Crippen LogP contribution is 2.30. The summed E-state index contributed by atoms with van der Waals surface area (Å²) in [6.07, 6.45) is -2.17. The fourth-order valence-corrected chi connectivity index (χ4v) is 2.74. The summed E-state index contributed by atoms with van der Waals surface area (Å²) in [5.74, 6) is -7.77. The minimum absolute atomic E-state index is 0.0440. The first-order valence-corrected chi connectivity index (χ1v) is 8.58. The van der Waals surface area contributed by atoms with Gasteiger partial charge in [0.25, 0.3) is 11.9 Å². The lowest BCUT2D eigenvalue weighted by molar-refractivity contribution is -0.195. The van der Waals surface area contributed by atoms with Gasteiger partial charge in [0.2, 0.25) is 0 Å². The highest BCUT2D eigenvalue weighted by Gasteiger charge is 2.51. The number of rotatable bonds is 5. The number of carbonyl (C=O) groups excluding carboxylic acids is 2. The number of aromatic carboxylic acids is 2. The molecule has 2 aromatic carbocycles. The van der Waals surface area contributed by atoms with Crippen LogP contribution in [0.2, 0.25) is 0 Å². The fourth-order valence-electron chi connectivity index (χ4n) is 2.74. The number of benzene rings is 2.